The molecular weight excluding hydrogens is 378 g/mol. The van der Waals surface area contributed by atoms with Gasteiger partial charge in [-0.2, -0.15) is 5.26 Å². The molecule has 1 aromatic carbocycles. The molecule has 0 fully saturated rings. The Bertz CT molecular complexity index is 900. The third-order valence-corrected chi connectivity index (χ3v) is 6.76. The summed E-state index contributed by atoms with van der Waals surface area (Å²) in [5.74, 6) is 0.415. The molecule has 3 rings (SSSR count). The van der Waals surface area contributed by atoms with E-state index >= 15 is 0 Å². The molecule has 0 spiro atoms. The number of nitrogens with one attached hydrogen (secondary N) is 1. The zero-order chi connectivity index (χ0) is 20.8. The average molecular weight is 408 g/mol. The Hall–Kier alpha value is -2.32. The van der Waals surface area contributed by atoms with Crippen molar-refractivity contribution in [3.05, 3.63) is 52.7 Å². The van der Waals surface area contributed by atoms with Crippen molar-refractivity contribution in [1.29, 1.82) is 5.26 Å². The number of carbonyl (C=O) groups excluding carboxylic acids is 1. The van der Waals surface area contributed by atoms with Gasteiger partial charge >= 0.3 is 0 Å². The molecule has 1 amide bonds. The fourth-order valence-corrected chi connectivity index (χ4v) is 4.59. The van der Waals surface area contributed by atoms with Crippen LogP contribution < -0.4 is 5.32 Å². The number of hydrogen-bond donors (Lipinski definition) is 1. The maximum Gasteiger partial charge on any atom is 0.237 e. The van der Waals surface area contributed by atoms with Gasteiger partial charge in [-0.1, -0.05) is 51.1 Å². The van der Waals surface area contributed by atoms with E-state index in [1.165, 1.54) is 29.3 Å². The number of amides is 1. The van der Waals surface area contributed by atoms with Gasteiger partial charge in [0.25, 0.3) is 0 Å². The zero-order valence-electron chi connectivity index (χ0n) is 17.5. The number of benzene rings is 1. The van der Waals surface area contributed by atoms with E-state index in [1.54, 1.807) is 0 Å². The lowest BCUT2D eigenvalue weighted by Gasteiger charge is -2.17. The first-order valence-corrected chi connectivity index (χ1v) is 11.4. The molecule has 0 saturated heterocycles. The molecule has 0 bridgehead atoms. The summed E-state index contributed by atoms with van der Waals surface area (Å²) >= 11 is 1.41. The highest BCUT2D eigenvalue weighted by Crippen LogP contribution is 2.31. The molecule has 1 aliphatic carbocycles. The predicted molar refractivity (Wildman–Crippen MR) is 119 cm³/mol. The van der Waals surface area contributed by atoms with Crippen molar-refractivity contribution in [1.82, 2.24) is 4.98 Å². The minimum Gasteiger partial charge on any atom is -0.325 e. The molecule has 1 atom stereocenters. The minimum atomic E-state index is -0.289. The predicted octanol–water partition coefficient (Wildman–Crippen LogP) is 5.85. The number of rotatable bonds is 6. The third-order valence-electron chi connectivity index (χ3n) is 5.40. The van der Waals surface area contributed by atoms with Gasteiger partial charge in [-0.3, -0.25) is 4.79 Å². The van der Waals surface area contributed by atoms with Gasteiger partial charge in [0.15, 0.2) is 0 Å². The van der Waals surface area contributed by atoms with Gasteiger partial charge in [0.05, 0.1) is 10.8 Å². The molecule has 1 unspecified atom stereocenters. The van der Waals surface area contributed by atoms with Gasteiger partial charge in [-0.05, 0) is 67.3 Å². The second-order valence-corrected chi connectivity index (χ2v) is 9.09. The first kappa shape index (κ1) is 21.4. The van der Waals surface area contributed by atoms with E-state index in [0.29, 0.717) is 22.9 Å². The monoisotopic (exact) mass is 407 g/mol. The molecule has 4 nitrogen and oxygen atoms in total. The molecule has 0 saturated carbocycles. The molecule has 1 heterocycles. The number of hydrogen-bond acceptors (Lipinski definition) is 4. The van der Waals surface area contributed by atoms with E-state index in [0.717, 1.165) is 37.1 Å². The number of thioether (sulfide) groups is 1. The molecule has 0 radical (unpaired) electrons. The maximum absolute atomic E-state index is 12.9. The molecule has 2 aromatic rings. The summed E-state index contributed by atoms with van der Waals surface area (Å²) in [5.41, 5.74) is 4.93. The lowest BCUT2D eigenvalue weighted by molar-refractivity contribution is -0.115. The highest BCUT2D eigenvalue weighted by atomic mass is 32.2. The summed E-state index contributed by atoms with van der Waals surface area (Å²) in [6.45, 7) is 6.30. The number of aromatic nitrogens is 1. The molecule has 1 aromatic heterocycles. The van der Waals surface area contributed by atoms with E-state index in [1.807, 2.05) is 25.1 Å². The van der Waals surface area contributed by atoms with Crippen molar-refractivity contribution in [2.75, 3.05) is 5.32 Å². The van der Waals surface area contributed by atoms with Crippen LogP contribution in [0.2, 0.25) is 0 Å². The van der Waals surface area contributed by atoms with Crippen molar-refractivity contribution < 1.29 is 4.79 Å². The molecule has 5 heteroatoms. The van der Waals surface area contributed by atoms with Crippen LogP contribution in [0.3, 0.4) is 0 Å². The van der Waals surface area contributed by atoms with Gasteiger partial charge in [-0.15, -0.1) is 0 Å². The van der Waals surface area contributed by atoms with Crippen LogP contribution in [0.5, 0.6) is 0 Å². The first-order chi connectivity index (χ1) is 14.0. The molecule has 0 aliphatic heterocycles. The second-order valence-electron chi connectivity index (χ2n) is 7.90. The summed E-state index contributed by atoms with van der Waals surface area (Å²) in [7, 11) is 0. The third kappa shape index (κ3) is 5.39. The average Bonchev–Trinajstić information content (AvgIpc) is 2.96. The van der Waals surface area contributed by atoms with E-state index < -0.39 is 0 Å². The Balaban J connectivity index is 1.75. The lowest BCUT2D eigenvalue weighted by Crippen LogP contribution is -2.25. The van der Waals surface area contributed by atoms with Crippen LogP contribution in [-0.2, 0) is 17.6 Å². The fourth-order valence-electron chi connectivity index (χ4n) is 3.59. The molecule has 152 valence electrons. The van der Waals surface area contributed by atoms with Crippen molar-refractivity contribution in [2.24, 2.45) is 0 Å². The van der Waals surface area contributed by atoms with Gasteiger partial charge < -0.3 is 5.32 Å². The number of fused-ring (bicyclic) bond motifs is 1. The number of nitriles is 1. The van der Waals surface area contributed by atoms with Crippen LogP contribution in [0.15, 0.2) is 35.4 Å². The SMILES string of the molecule is CCC(Sc1nc2c(cc1C#N)CCCCC2)C(=O)Nc1ccc(C(C)C)cc1. The maximum atomic E-state index is 12.9. The first-order valence-electron chi connectivity index (χ1n) is 10.5. The smallest absolute Gasteiger partial charge is 0.237 e. The Morgan fingerprint density at radius 1 is 1.21 bits per heavy atom. The molecule has 1 N–H and O–H groups in total. The summed E-state index contributed by atoms with van der Waals surface area (Å²) in [5, 5.41) is 13.0. The largest absolute Gasteiger partial charge is 0.325 e. The number of carbonyl (C=O) groups is 1. The van der Waals surface area contributed by atoms with Crippen molar-refractivity contribution >= 4 is 23.4 Å². The summed E-state index contributed by atoms with van der Waals surface area (Å²) in [6.07, 6.45) is 6.12. The van der Waals surface area contributed by atoms with Gasteiger partial charge in [0, 0.05) is 11.4 Å². The van der Waals surface area contributed by atoms with E-state index in [-0.39, 0.29) is 11.2 Å². The molecule has 1 aliphatic rings. The number of anilines is 1. The van der Waals surface area contributed by atoms with Crippen molar-refractivity contribution in [2.45, 2.75) is 75.5 Å². The number of pyridine rings is 1. The lowest BCUT2D eigenvalue weighted by atomic mass is 10.0. The van der Waals surface area contributed by atoms with E-state index in [2.05, 4.69) is 37.4 Å². The number of nitrogens with zero attached hydrogens (tertiary/aromatic N) is 2. The van der Waals surface area contributed by atoms with Crippen LogP contribution in [-0.4, -0.2) is 16.1 Å². The fraction of sp³-hybridized carbons (Fsp3) is 0.458. The van der Waals surface area contributed by atoms with Crippen LogP contribution in [0, 0.1) is 11.3 Å². The second kappa shape index (κ2) is 9.93. The van der Waals surface area contributed by atoms with Crippen LogP contribution >= 0.6 is 11.8 Å². The van der Waals surface area contributed by atoms with Crippen molar-refractivity contribution in [3.63, 3.8) is 0 Å². The van der Waals surface area contributed by atoms with Gasteiger partial charge in [0.1, 0.15) is 11.1 Å². The Labute approximate surface area is 178 Å². The van der Waals surface area contributed by atoms with E-state index in [9.17, 15) is 10.1 Å². The number of aryl methyl sites for hydroxylation is 2. The Morgan fingerprint density at radius 2 is 1.93 bits per heavy atom. The normalized spacial score (nSPS) is 14.6. The standard InChI is InChI=1S/C24H29N3OS/c1-4-22(23(28)26-20-12-10-17(11-13-20)16(2)3)29-24-19(15-25)14-18-8-6-5-7-9-21(18)27-24/h10-14,16,22H,4-9H2,1-3H3,(H,26,28). The molecule has 29 heavy (non-hydrogen) atoms. The summed E-state index contributed by atoms with van der Waals surface area (Å²) in [6, 6.07) is 12.3. The minimum absolute atomic E-state index is 0.0459. The van der Waals surface area contributed by atoms with Gasteiger partial charge in [0.2, 0.25) is 5.91 Å². The van der Waals surface area contributed by atoms with Crippen molar-refractivity contribution in [3.8, 4) is 6.07 Å². The highest BCUT2D eigenvalue weighted by molar-refractivity contribution is 8.00. The van der Waals surface area contributed by atoms with E-state index in [4.69, 9.17) is 4.98 Å². The summed E-state index contributed by atoms with van der Waals surface area (Å²) < 4.78 is 0. The van der Waals surface area contributed by atoms with Crippen LogP contribution in [0.1, 0.15) is 74.8 Å². The van der Waals surface area contributed by atoms with Crippen LogP contribution in [0.25, 0.3) is 0 Å². The quantitative estimate of drug-likeness (QED) is 0.481. The summed E-state index contributed by atoms with van der Waals surface area (Å²) in [4.78, 5) is 17.7. The topological polar surface area (TPSA) is 65.8 Å². The highest BCUT2D eigenvalue weighted by Gasteiger charge is 2.22. The Kier molecular flexibility index (Phi) is 7.33. The molecular formula is C24H29N3OS. The van der Waals surface area contributed by atoms with Crippen LogP contribution in [0.4, 0.5) is 5.69 Å². The Morgan fingerprint density at radius 3 is 2.59 bits per heavy atom. The van der Waals surface area contributed by atoms with Gasteiger partial charge in [-0.25, -0.2) is 4.98 Å². The zero-order valence-corrected chi connectivity index (χ0v) is 18.3.